The zero-order valence-corrected chi connectivity index (χ0v) is 18.6. The number of rotatable bonds is 7. The minimum atomic E-state index is -3.77. The number of hydrogen-bond acceptors (Lipinski definition) is 5. The second kappa shape index (κ2) is 9.03. The molecule has 30 heavy (non-hydrogen) atoms. The summed E-state index contributed by atoms with van der Waals surface area (Å²) in [4.78, 5) is 17.1. The number of nitrogens with two attached hydrogens (primary N) is 1. The van der Waals surface area contributed by atoms with Gasteiger partial charge in [-0.2, -0.15) is 0 Å². The summed E-state index contributed by atoms with van der Waals surface area (Å²) in [5, 5.41) is 8.18. The lowest BCUT2D eigenvalue weighted by atomic mass is 10.0. The Morgan fingerprint density at radius 2 is 1.77 bits per heavy atom. The highest BCUT2D eigenvalue weighted by Gasteiger charge is 2.19. The molecule has 0 unspecified atom stereocenters. The fourth-order valence-electron chi connectivity index (χ4n) is 2.94. The monoisotopic (exact) mass is 444 g/mol. The molecule has 0 fully saturated rings. The smallest absolute Gasteiger partial charge is 0.238 e. The number of imidazole rings is 1. The van der Waals surface area contributed by atoms with E-state index < -0.39 is 15.3 Å². The highest BCUT2D eigenvalue weighted by atomic mass is 32.2. The summed E-state index contributed by atoms with van der Waals surface area (Å²) < 4.78 is 24.7. The van der Waals surface area contributed by atoms with E-state index in [0.29, 0.717) is 11.6 Å². The van der Waals surface area contributed by atoms with Crippen LogP contribution < -0.4 is 10.5 Å². The van der Waals surface area contributed by atoms with Crippen molar-refractivity contribution in [3.05, 3.63) is 66.5 Å². The lowest BCUT2D eigenvalue weighted by molar-refractivity contribution is -0.115. The number of nitrogens with zero attached hydrogens (tertiary/aromatic N) is 2. The summed E-state index contributed by atoms with van der Waals surface area (Å²) in [7, 11) is -3.77. The fourth-order valence-corrected chi connectivity index (χ4v) is 4.33. The van der Waals surface area contributed by atoms with Crippen LogP contribution >= 0.6 is 11.8 Å². The summed E-state index contributed by atoms with van der Waals surface area (Å²) in [6, 6.07) is 13.9. The van der Waals surface area contributed by atoms with Crippen LogP contribution in [0.5, 0.6) is 0 Å². The van der Waals surface area contributed by atoms with Gasteiger partial charge in [0.15, 0.2) is 5.16 Å². The van der Waals surface area contributed by atoms with Gasteiger partial charge >= 0.3 is 0 Å². The topological polar surface area (TPSA) is 107 Å². The van der Waals surface area contributed by atoms with Crippen LogP contribution in [0, 0.1) is 0 Å². The number of carbonyl (C=O) groups excluding carboxylic acids is 1. The third-order valence-electron chi connectivity index (χ3n) is 4.53. The summed E-state index contributed by atoms with van der Waals surface area (Å²) in [6.07, 6.45) is 3.61. The predicted octanol–water partition coefficient (Wildman–Crippen LogP) is 3.76. The summed E-state index contributed by atoms with van der Waals surface area (Å²) >= 11 is 1.35. The number of anilines is 1. The minimum Gasteiger partial charge on any atom is -0.325 e. The van der Waals surface area contributed by atoms with E-state index in [1.807, 2.05) is 29.0 Å². The molecule has 3 rings (SSSR count). The van der Waals surface area contributed by atoms with E-state index in [0.717, 1.165) is 10.8 Å². The maximum absolute atomic E-state index is 12.6. The molecule has 2 aromatic carbocycles. The second-order valence-corrected chi connectivity index (χ2v) is 9.98. The molecular weight excluding hydrogens is 420 g/mol. The average molecular weight is 445 g/mol. The fraction of sp³-hybridized carbons (Fsp3) is 0.238. The lowest BCUT2D eigenvalue weighted by Gasteiger charge is -2.17. The van der Waals surface area contributed by atoms with Crippen molar-refractivity contribution in [2.45, 2.75) is 42.0 Å². The molecule has 0 saturated heterocycles. The van der Waals surface area contributed by atoms with E-state index >= 15 is 0 Å². The summed E-state index contributed by atoms with van der Waals surface area (Å²) in [6.45, 7) is 6.08. The van der Waals surface area contributed by atoms with Crippen molar-refractivity contribution in [3.63, 3.8) is 0 Å². The van der Waals surface area contributed by atoms with Crippen molar-refractivity contribution < 1.29 is 13.2 Å². The maximum Gasteiger partial charge on any atom is 0.238 e. The highest BCUT2D eigenvalue weighted by Crippen LogP contribution is 2.29. The normalized spacial score (nSPS) is 12.7. The maximum atomic E-state index is 12.6. The van der Waals surface area contributed by atoms with Crippen LogP contribution in [0.15, 0.2) is 71.0 Å². The molecule has 7 nitrogen and oxygen atoms in total. The van der Waals surface area contributed by atoms with Crippen molar-refractivity contribution in [3.8, 4) is 5.69 Å². The van der Waals surface area contributed by atoms with Crippen LogP contribution in [0.3, 0.4) is 0 Å². The van der Waals surface area contributed by atoms with Crippen molar-refractivity contribution in [1.29, 1.82) is 0 Å². The summed E-state index contributed by atoms with van der Waals surface area (Å²) in [5.41, 5.74) is 2.73. The number of carbonyl (C=O) groups is 1. The first-order valence-electron chi connectivity index (χ1n) is 9.40. The van der Waals surface area contributed by atoms with Gasteiger partial charge in [0.25, 0.3) is 0 Å². The van der Waals surface area contributed by atoms with Crippen molar-refractivity contribution >= 4 is 33.4 Å². The molecule has 0 saturated carbocycles. The number of primary sulfonamides is 1. The van der Waals surface area contributed by atoms with Gasteiger partial charge in [-0.05, 0) is 48.7 Å². The van der Waals surface area contributed by atoms with Crippen molar-refractivity contribution in [2.75, 3.05) is 5.32 Å². The predicted molar refractivity (Wildman–Crippen MR) is 119 cm³/mol. The molecule has 1 aromatic heterocycles. The average Bonchev–Trinajstić information content (AvgIpc) is 3.15. The Morgan fingerprint density at radius 3 is 2.40 bits per heavy atom. The van der Waals surface area contributed by atoms with E-state index in [1.165, 1.54) is 41.6 Å². The Labute approximate surface area is 180 Å². The Balaban J connectivity index is 1.74. The Kier molecular flexibility index (Phi) is 6.64. The van der Waals surface area contributed by atoms with Crippen LogP contribution in [0.25, 0.3) is 5.69 Å². The molecule has 9 heteroatoms. The SMILES string of the molecule is CC(C)c1ccccc1-n1ccnc1S[C@@H](C)C(=O)Nc1ccc(S(N)(=O)=O)cc1. The molecule has 0 aliphatic carbocycles. The van der Waals surface area contributed by atoms with E-state index in [4.69, 9.17) is 5.14 Å². The van der Waals surface area contributed by atoms with Gasteiger partial charge in [0.05, 0.1) is 15.8 Å². The van der Waals surface area contributed by atoms with Gasteiger partial charge in [0, 0.05) is 18.1 Å². The van der Waals surface area contributed by atoms with Gasteiger partial charge in [0.2, 0.25) is 15.9 Å². The Hall–Kier alpha value is -2.62. The molecule has 0 aliphatic heterocycles. The standard InChI is InChI=1S/C21H24N4O3S2/c1-14(2)18-6-4-5-7-19(18)25-13-12-23-21(25)29-15(3)20(26)24-16-8-10-17(11-9-16)30(22,27)28/h4-15H,1-3H3,(H,24,26)(H2,22,27,28)/t15-/m0/s1. The third-order valence-corrected chi connectivity index (χ3v) is 6.54. The van der Waals surface area contributed by atoms with Gasteiger partial charge in [-0.3, -0.25) is 9.36 Å². The van der Waals surface area contributed by atoms with Crippen molar-refractivity contribution in [2.24, 2.45) is 5.14 Å². The molecule has 0 bridgehead atoms. The quantitative estimate of drug-likeness (QED) is 0.540. The molecule has 0 aliphatic rings. The second-order valence-electron chi connectivity index (χ2n) is 7.11. The molecular formula is C21H24N4O3S2. The minimum absolute atomic E-state index is 0.00577. The summed E-state index contributed by atoms with van der Waals surface area (Å²) in [5.74, 6) is 0.137. The molecule has 1 heterocycles. The van der Waals surface area contributed by atoms with E-state index in [2.05, 4.69) is 30.2 Å². The van der Waals surface area contributed by atoms with Crippen LogP contribution in [0.4, 0.5) is 5.69 Å². The molecule has 0 spiro atoms. The number of benzene rings is 2. The van der Waals surface area contributed by atoms with E-state index in [-0.39, 0.29) is 10.8 Å². The number of hydrogen-bond donors (Lipinski definition) is 2. The number of aromatic nitrogens is 2. The van der Waals surface area contributed by atoms with E-state index in [9.17, 15) is 13.2 Å². The molecule has 3 N–H and O–H groups in total. The number of para-hydroxylation sites is 1. The van der Waals surface area contributed by atoms with Crippen LogP contribution in [-0.4, -0.2) is 29.1 Å². The first-order chi connectivity index (χ1) is 14.2. The molecule has 3 aromatic rings. The van der Waals surface area contributed by atoms with Gasteiger partial charge in [0.1, 0.15) is 0 Å². The molecule has 158 valence electrons. The number of nitrogens with one attached hydrogen (secondary N) is 1. The van der Waals surface area contributed by atoms with Crippen LogP contribution in [0.2, 0.25) is 0 Å². The van der Waals surface area contributed by atoms with Gasteiger partial charge < -0.3 is 5.32 Å². The van der Waals surface area contributed by atoms with Crippen molar-refractivity contribution in [1.82, 2.24) is 9.55 Å². The lowest BCUT2D eigenvalue weighted by Crippen LogP contribution is -2.23. The number of sulfonamides is 1. The molecule has 1 atom stereocenters. The number of thioether (sulfide) groups is 1. The highest BCUT2D eigenvalue weighted by molar-refractivity contribution is 8.00. The Morgan fingerprint density at radius 1 is 1.10 bits per heavy atom. The van der Waals surface area contributed by atoms with Crippen LogP contribution in [-0.2, 0) is 14.8 Å². The zero-order valence-electron chi connectivity index (χ0n) is 16.9. The van der Waals surface area contributed by atoms with Gasteiger partial charge in [-0.15, -0.1) is 0 Å². The number of amides is 1. The van der Waals surface area contributed by atoms with Gasteiger partial charge in [-0.1, -0.05) is 43.8 Å². The first kappa shape index (κ1) is 22.1. The zero-order chi connectivity index (χ0) is 21.9. The van der Waals surface area contributed by atoms with Crippen LogP contribution in [0.1, 0.15) is 32.3 Å². The molecule has 1 amide bonds. The Bertz CT molecular complexity index is 1140. The van der Waals surface area contributed by atoms with Gasteiger partial charge in [-0.25, -0.2) is 18.5 Å². The van der Waals surface area contributed by atoms with E-state index in [1.54, 1.807) is 13.1 Å². The first-order valence-corrected chi connectivity index (χ1v) is 11.8. The largest absolute Gasteiger partial charge is 0.325 e. The molecule has 0 radical (unpaired) electrons. The third kappa shape index (κ3) is 5.10.